The fourth-order valence-corrected chi connectivity index (χ4v) is 4.04. The number of nitriles is 1. The zero-order valence-electron chi connectivity index (χ0n) is 11.9. The topological polar surface area (TPSA) is 87.0 Å². The molecule has 1 N–H and O–H groups in total. The van der Waals surface area contributed by atoms with Crippen molar-refractivity contribution in [3.63, 3.8) is 0 Å². The van der Waals surface area contributed by atoms with Crippen molar-refractivity contribution in [3.8, 4) is 6.07 Å². The van der Waals surface area contributed by atoms with Crippen LogP contribution in [0.15, 0.2) is 45.8 Å². The summed E-state index contributed by atoms with van der Waals surface area (Å²) in [5, 5.41) is 9.58. The molecule has 0 atom stereocenters. The highest BCUT2D eigenvalue weighted by Gasteiger charge is 2.19. The van der Waals surface area contributed by atoms with E-state index in [2.05, 4.69) is 15.9 Å². The lowest BCUT2D eigenvalue weighted by atomic mass is 10.1. The number of amides is 1. The molecule has 0 spiro atoms. The average Bonchev–Trinajstić information content (AvgIpc) is 2.49. The van der Waals surface area contributed by atoms with Crippen LogP contribution in [0.3, 0.4) is 0 Å². The molecular weight excluding hydrogens is 439 g/mol. The number of hydrogen-bond donors (Lipinski definition) is 1. The highest BCUT2D eigenvalue weighted by Crippen LogP contribution is 2.22. The predicted molar refractivity (Wildman–Crippen MR) is 94.4 cm³/mol. The molecule has 2 aromatic rings. The molecule has 0 radical (unpaired) electrons. The van der Waals surface area contributed by atoms with Gasteiger partial charge >= 0.3 is 0 Å². The molecule has 0 saturated heterocycles. The van der Waals surface area contributed by atoms with Gasteiger partial charge in [0.25, 0.3) is 10.0 Å². The molecule has 9 heteroatoms. The molecule has 0 aliphatic heterocycles. The molecule has 0 aliphatic rings. The highest BCUT2D eigenvalue weighted by atomic mass is 79.9. The summed E-state index contributed by atoms with van der Waals surface area (Å²) in [6.07, 6.45) is -0.228. The number of hydrogen-bond acceptors (Lipinski definition) is 4. The highest BCUT2D eigenvalue weighted by molar-refractivity contribution is 9.10. The summed E-state index contributed by atoms with van der Waals surface area (Å²) in [6, 6.07) is 10.4. The summed E-state index contributed by atoms with van der Waals surface area (Å²) >= 11 is 14.9. The Morgan fingerprint density at radius 1 is 1.21 bits per heavy atom. The molecule has 0 fully saturated rings. The van der Waals surface area contributed by atoms with Crippen LogP contribution in [0.2, 0.25) is 10.0 Å². The Morgan fingerprint density at radius 2 is 1.92 bits per heavy atom. The Bertz CT molecular complexity index is 956. The molecule has 0 heterocycles. The number of nitrogens with one attached hydrogen (secondary N) is 1. The first kappa shape index (κ1) is 18.7. The van der Waals surface area contributed by atoms with E-state index in [9.17, 15) is 13.2 Å². The summed E-state index contributed by atoms with van der Waals surface area (Å²) in [4.78, 5) is 11.8. The van der Waals surface area contributed by atoms with Gasteiger partial charge in [0.1, 0.15) is 0 Å². The molecule has 2 aromatic carbocycles. The lowest BCUT2D eigenvalue weighted by Crippen LogP contribution is -2.32. The van der Waals surface area contributed by atoms with Crippen LogP contribution < -0.4 is 4.72 Å². The van der Waals surface area contributed by atoms with E-state index < -0.39 is 15.9 Å². The maximum absolute atomic E-state index is 12.3. The van der Waals surface area contributed by atoms with Crippen molar-refractivity contribution in [1.29, 1.82) is 5.26 Å². The normalized spacial score (nSPS) is 10.9. The number of halogens is 3. The number of rotatable bonds is 4. The Morgan fingerprint density at radius 3 is 2.54 bits per heavy atom. The van der Waals surface area contributed by atoms with E-state index in [0.717, 1.165) is 0 Å². The summed E-state index contributed by atoms with van der Waals surface area (Å²) in [5.74, 6) is -0.752. The molecule has 124 valence electrons. The van der Waals surface area contributed by atoms with Gasteiger partial charge in [-0.2, -0.15) is 5.26 Å². The van der Waals surface area contributed by atoms with Crippen LogP contribution >= 0.6 is 39.1 Å². The van der Waals surface area contributed by atoms with Crippen LogP contribution in [0.4, 0.5) is 0 Å². The van der Waals surface area contributed by atoms with E-state index in [0.29, 0.717) is 15.1 Å². The number of carbonyl (C=O) groups excluding carboxylic acids is 1. The van der Waals surface area contributed by atoms with Gasteiger partial charge in [-0.15, -0.1) is 0 Å². The Kier molecular flexibility index (Phi) is 5.88. The maximum Gasteiger partial charge on any atom is 0.264 e. The molecule has 5 nitrogen and oxygen atoms in total. The predicted octanol–water partition coefficient (Wildman–Crippen LogP) is 3.68. The van der Waals surface area contributed by atoms with Gasteiger partial charge in [-0.3, -0.25) is 4.79 Å². The minimum absolute atomic E-state index is 0.151. The van der Waals surface area contributed by atoms with Gasteiger partial charge in [0.15, 0.2) is 0 Å². The molecular formula is C15H9BrCl2N2O3S. The Hall–Kier alpha value is -1.59. The number of benzene rings is 2. The monoisotopic (exact) mass is 446 g/mol. The fraction of sp³-hybridized carbons (Fsp3) is 0.0667. The smallest absolute Gasteiger partial charge is 0.264 e. The van der Waals surface area contributed by atoms with Gasteiger partial charge in [0.05, 0.1) is 22.9 Å². The number of carbonyl (C=O) groups is 1. The molecule has 24 heavy (non-hydrogen) atoms. The third-order valence-electron chi connectivity index (χ3n) is 2.93. The molecule has 0 aromatic heterocycles. The van der Waals surface area contributed by atoms with Crippen LogP contribution in [-0.4, -0.2) is 14.3 Å². The lowest BCUT2D eigenvalue weighted by molar-refractivity contribution is -0.118. The summed E-state index contributed by atoms with van der Waals surface area (Å²) in [7, 11) is -4.11. The fourth-order valence-electron chi connectivity index (χ4n) is 1.87. The van der Waals surface area contributed by atoms with Crippen molar-refractivity contribution in [2.45, 2.75) is 11.3 Å². The molecule has 0 aliphatic carbocycles. The van der Waals surface area contributed by atoms with E-state index in [-0.39, 0.29) is 21.9 Å². The lowest BCUT2D eigenvalue weighted by Gasteiger charge is -2.09. The third kappa shape index (κ3) is 4.71. The van der Waals surface area contributed by atoms with Gasteiger partial charge in [0, 0.05) is 14.5 Å². The van der Waals surface area contributed by atoms with Gasteiger partial charge < -0.3 is 0 Å². The zero-order chi connectivity index (χ0) is 17.9. The van der Waals surface area contributed by atoms with Crippen molar-refractivity contribution < 1.29 is 13.2 Å². The minimum atomic E-state index is -4.11. The second-order valence-corrected chi connectivity index (χ2v) is 8.17. The van der Waals surface area contributed by atoms with E-state index in [1.807, 2.05) is 10.8 Å². The van der Waals surface area contributed by atoms with E-state index >= 15 is 0 Å². The molecule has 0 saturated carbocycles. The van der Waals surface area contributed by atoms with Crippen molar-refractivity contribution >= 4 is 55.1 Å². The Labute approximate surface area is 157 Å². The third-order valence-corrected chi connectivity index (χ3v) is 5.32. The van der Waals surface area contributed by atoms with E-state index in [1.54, 1.807) is 12.1 Å². The van der Waals surface area contributed by atoms with Crippen LogP contribution in [0.5, 0.6) is 0 Å². The molecule has 0 bridgehead atoms. The second-order valence-electron chi connectivity index (χ2n) is 4.73. The molecule has 2 rings (SSSR count). The van der Waals surface area contributed by atoms with Crippen molar-refractivity contribution in [2.75, 3.05) is 0 Å². The van der Waals surface area contributed by atoms with Crippen molar-refractivity contribution in [2.24, 2.45) is 0 Å². The van der Waals surface area contributed by atoms with Crippen LogP contribution in [0.1, 0.15) is 11.1 Å². The summed E-state index contributed by atoms with van der Waals surface area (Å²) in [5.41, 5.74) is 0.596. The summed E-state index contributed by atoms with van der Waals surface area (Å²) < 4.78 is 26.9. The first-order valence-corrected chi connectivity index (χ1v) is 9.45. The maximum atomic E-state index is 12.3. The Balaban J connectivity index is 2.21. The van der Waals surface area contributed by atoms with Gasteiger partial charge in [-0.05, 0) is 35.9 Å². The quantitative estimate of drug-likeness (QED) is 0.774. The van der Waals surface area contributed by atoms with E-state index in [4.69, 9.17) is 28.5 Å². The van der Waals surface area contributed by atoms with Crippen molar-refractivity contribution in [3.05, 3.63) is 62.0 Å². The zero-order valence-corrected chi connectivity index (χ0v) is 15.8. The first-order chi connectivity index (χ1) is 11.2. The first-order valence-electron chi connectivity index (χ1n) is 6.41. The van der Waals surface area contributed by atoms with Gasteiger partial charge in [-0.25, -0.2) is 13.1 Å². The average molecular weight is 448 g/mol. The van der Waals surface area contributed by atoms with Gasteiger partial charge in [0.2, 0.25) is 5.91 Å². The van der Waals surface area contributed by atoms with E-state index in [1.165, 1.54) is 24.3 Å². The van der Waals surface area contributed by atoms with Crippen molar-refractivity contribution in [1.82, 2.24) is 4.72 Å². The molecule has 0 unspecified atom stereocenters. The standard InChI is InChI=1S/C15H9BrCl2N2O3S/c16-11-3-9(8-19)4-13(6-11)24(22,23)20-15(21)5-10-1-2-12(17)7-14(10)18/h1-4,6-7H,5H2,(H,20,21). The van der Waals surface area contributed by atoms with Crippen LogP contribution in [0, 0.1) is 11.3 Å². The van der Waals surface area contributed by atoms with Gasteiger partial charge in [-0.1, -0.05) is 45.2 Å². The van der Waals surface area contributed by atoms with Crippen LogP contribution in [0.25, 0.3) is 0 Å². The number of nitrogens with zero attached hydrogens (tertiary/aromatic N) is 1. The minimum Gasteiger partial charge on any atom is -0.274 e. The largest absolute Gasteiger partial charge is 0.274 e. The summed E-state index contributed by atoms with van der Waals surface area (Å²) in [6.45, 7) is 0. The number of sulfonamides is 1. The van der Waals surface area contributed by atoms with Crippen LogP contribution in [-0.2, 0) is 21.2 Å². The SMILES string of the molecule is N#Cc1cc(Br)cc(S(=O)(=O)NC(=O)Cc2ccc(Cl)cc2Cl)c1. The second kappa shape index (κ2) is 7.53. The molecule has 1 amide bonds.